The van der Waals surface area contributed by atoms with Gasteiger partial charge >= 0.3 is 0 Å². The molecule has 0 bridgehead atoms. The second-order valence-electron chi connectivity index (χ2n) is 6.46. The maximum atomic E-state index is 12.7. The number of aryl methyl sites for hydroxylation is 1. The van der Waals surface area contributed by atoms with Gasteiger partial charge in [0.2, 0.25) is 11.7 Å². The van der Waals surface area contributed by atoms with Crippen LogP contribution in [0.3, 0.4) is 0 Å². The summed E-state index contributed by atoms with van der Waals surface area (Å²) in [5.41, 5.74) is 2.12. The number of anilines is 1. The van der Waals surface area contributed by atoms with Crippen LogP contribution in [0.4, 0.5) is 10.5 Å². The first-order valence-corrected chi connectivity index (χ1v) is 9.71. The van der Waals surface area contributed by atoms with Gasteiger partial charge in [0.1, 0.15) is 6.54 Å². The summed E-state index contributed by atoms with van der Waals surface area (Å²) < 4.78 is 10.2. The fraction of sp³-hybridized carbons (Fsp3) is 0.190. The van der Waals surface area contributed by atoms with Crippen LogP contribution in [-0.4, -0.2) is 47.8 Å². The molecule has 9 heteroatoms. The fourth-order valence-electron chi connectivity index (χ4n) is 2.77. The number of methoxy groups -OCH3 is 2. The van der Waals surface area contributed by atoms with Crippen LogP contribution in [0.25, 0.3) is 6.08 Å². The highest BCUT2D eigenvalue weighted by molar-refractivity contribution is 8.18. The van der Waals surface area contributed by atoms with Crippen LogP contribution < -0.4 is 14.8 Å². The SMILES string of the molecule is COc1cc(/C=C2\SC(=O)N(CC(=O)Nc3ccc(C)cc3)C2=O)cc(OC)c1O. The van der Waals surface area contributed by atoms with Gasteiger partial charge in [-0.2, -0.15) is 0 Å². The van der Waals surface area contributed by atoms with Gasteiger partial charge in [-0.1, -0.05) is 17.7 Å². The Bertz CT molecular complexity index is 1010. The molecule has 2 aromatic rings. The number of benzene rings is 2. The monoisotopic (exact) mass is 428 g/mol. The van der Waals surface area contributed by atoms with E-state index >= 15 is 0 Å². The number of hydrogen-bond donors (Lipinski definition) is 2. The van der Waals surface area contributed by atoms with E-state index in [1.807, 2.05) is 19.1 Å². The third kappa shape index (κ3) is 4.57. The van der Waals surface area contributed by atoms with Gasteiger partial charge in [0.25, 0.3) is 11.1 Å². The molecule has 1 aliphatic heterocycles. The molecule has 8 nitrogen and oxygen atoms in total. The van der Waals surface area contributed by atoms with E-state index in [1.165, 1.54) is 32.4 Å². The zero-order valence-corrected chi connectivity index (χ0v) is 17.4. The minimum absolute atomic E-state index is 0.151. The maximum Gasteiger partial charge on any atom is 0.294 e. The van der Waals surface area contributed by atoms with Crippen LogP contribution in [0.1, 0.15) is 11.1 Å². The van der Waals surface area contributed by atoms with Crippen LogP contribution >= 0.6 is 11.8 Å². The summed E-state index contributed by atoms with van der Waals surface area (Å²) in [4.78, 5) is 38.2. The Hall–Kier alpha value is -3.46. The van der Waals surface area contributed by atoms with Gasteiger partial charge in [0.05, 0.1) is 19.1 Å². The van der Waals surface area contributed by atoms with Crippen molar-refractivity contribution in [1.29, 1.82) is 0 Å². The number of nitrogens with one attached hydrogen (secondary N) is 1. The lowest BCUT2D eigenvalue weighted by Gasteiger charge is -2.12. The lowest BCUT2D eigenvalue weighted by molar-refractivity contribution is -0.127. The molecule has 2 N–H and O–H groups in total. The van der Waals surface area contributed by atoms with Gasteiger partial charge in [-0.25, -0.2) is 0 Å². The van der Waals surface area contributed by atoms with Crippen molar-refractivity contribution in [1.82, 2.24) is 4.90 Å². The summed E-state index contributed by atoms with van der Waals surface area (Å²) in [5.74, 6) is -0.891. The fourth-order valence-corrected chi connectivity index (χ4v) is 3.60. The minimum Gasteiger partial charge on any atom is -0.502 e. The Morgan fingerprint density at radius 2 is 1.73 bits per heavy atom. The van der Waals surface area contributed by atoms with E-state index < -0.39 is 23.6 Å². The summed E-state index contributed by atoms with van der Waals surface area (Å²) in [5, 5.41) is 12.1. The molecule has 1 aliphatic rings. The van der Waals surface area contributed by atoms with Crippen molar-refractivity contribution in [2.75, 3.05) is 26.1 Å². The number of phenols is 1. The zero-order chi connectivity index (χ0) is 21.8. The molecule has 3 rings (SSSR count). The van der Waals surface area contributed by atoms with Gasteiger partial charge in [-0.15, -0.1) is 0 Å². The highest BCUT2D eigenvalue weighted by atomic mass is 32.2. The van der Waals surface area contributed by atoms with Crippen molar-refractivity contribution >= 4 is 40.6 Å². The first kappa shape index (κ1) is 21.3. The van der Waals surface area contributed by atoms with E-state index in [4.69, 9.17) is 9.47 Å². The van der Waals surface area contributed by atoms with Crippen LogP contribution in [0.2, 0.25) is 0 Å². The average Bonchev–Trinajstić information content (AvgIpc) is 2.98. The number of aromatic hydroxyl groups is 1. The van der Waals surface area contributed by atoms with E-state index in [0.717, 1.165) is 22.2 Å². The molecule has 1 heterocycles. The lowest BCUT2D eigenvalue weighted by atomic mass is 10.1. The molecule has 0 atom stereocenters. The summed E-state index contributed by atoms with van der Waals surface area (Å²) >= 11 is 0.732. The Labute approximate surface area is 177 Å². The van der Waals surface area contributed by atoms with Gasteiger partial charge in [-0.05, 0) is 54.6 Å². The predicted molar refractivity (Wildman–Crippen MR) is 114 cm³/mol. The van der Waals surface area contributed by atoms with Gasteiger partial charge in [0.15, 0.2) is 11.5 Å². The molecule has 1 saturated heterocycles. The molecule has 2 aromatic carbocycles. The van der Waals surface area contributed by atoms with E-state index in [1.54, 1.807) is 12.1 Å². The summed E-state index contributed by atoms with van der Waals surface area (Å²) in [6.07, 6.45) is 1.48. The number of nitrogens with zero attached hydrogens (tertiary/aromatic N) is 1. The predicted octanol–water partition coefficient (Wildman–Crippen LogP) is 3.39. The Morgan fingerprint density at radius 3 is 2.30 bits per heavy atom. The van der Waals surface area contributed by atoms with Gasteiger partial charge in [0, 0.05) is 5.69 Å². The number of amides is 3. The highest BCUT2D eigenvalue weighted by Crippen LogP contribution is 2.39. The Morgan fingerprint density at radius 1 is 1.13 bits per heavy atom. The Balaban J connectivity index is 1.75. The molecule has 3 amide bonds. The number of imide groups is 1. The van der Waals surface area contributed by atoms with Crippen LogP contribution in [-0.2, 0) is 9.59 Å². The molecular weight excluding hydrogens is 408 g/mol. The first-order valence-electron chi connectivity index (χ1n) is 8.89. The smallest absolute Gasteiger partial charge is 0.294 e. The second-order valence-corrected chi connectivity index (χ2v) is 7.45. The first-order chi connectivity index (χ1) is 14.3. The van der Waals surface area contributed by atoms with Crippen molar-refractivity contribution in [3.05, 3.63) is 52.4 Å². The highest BCUT2D eigenvalue weighted by Gasteiger charge is 2.36. The molecule has 0 unspecified atom stereocenters. The number of ether oxygens (including phenoxy) is 2. The number of carbonyl (C=O) groups is 3. The topological polar surface area (TPSA) is 105 Å². The number of hydrogen-bond acceptors (Lipinski definition) is 7. The Kier molecular flexibility index (Phi) is 6.31. The molecule has 0 spiro atoms. The van der Waals surface area contributed by atoms with Crippen molar-refractivity contribution in [3.8, 4) is 17.2 Å². The standard InChI is InChI=1S/C21H20N2O6S/c1-12-4-6-14(7-5-12)22-18(24)11-23-20(26)17(30-21(23)27)10-13-8-15(28-2)19(25)16(9-13)29-3/h4-10,25H,11H2,1-3H3,(H,22,24)/b17-10-. The minimum atomic E-state index is -0.574. The quantitative estimate of drug-likeness (QED) is 0.680. The average molecular weight is 428 g/mol. The molecule has 0 saturated carbocycles. The molecule has 1 fully saturated rings. The van der Waals surface area contributed by atoms with E-state index in [9.17, 15) is 19.5 Å². The van der Waals surface area contributed by atoms with Crippen LogP contribution in [0.5, 0.6) is 17.2 Å². The molecular formula is C21H20N2O6S. The van der Waals surface area contributed by atoms with E-state index in [-0.39, 0.29) is 22.2 Å². The maximum absolute atomic E-state index is 12.7. The largest absolute Gasteiger partial charge is 0.502 e. The summed E-state index contributed by atoms with van der Waals surface area (Å²) in [7, 11) is 2.78. The lowest BCUT2D eigenvalue weighted by Crippen LogP contribution is -2.36. The third-order valence-electron chi connectivity index (χ3n) is 4.31. The van der Waals surface area contributed by atoms with Gasteiger partial charge in [-0.3, -0.25) is 19.3 Å². The molecule has 30 heavy (non-hydrogen) atoms. The van der Waals surface area contributed by atoms with Crippen molar-refractivity contribution in [2.24, 2.45) is 0 Å². The second kappa shape index (κ2) is 8.91. The molecule has 0 aromatic heterocycles. The molecule has 156 valence electrons. The van der Waals surface area contributed by atoms with E-state index in [2.05, 4.69) is 5.32 Å². The van der Waals surface area contributed by atoms with Crippen molar-refractivity contribution < 1.29 is 29.0 Å². The van der Waals surface area contributed by atoms with Gasteiger partial charge < -0.3 is 19.9 Å². The molecule has 0 radical (unpaired) electrons. The van der Waals surface area contributed by atoms with Crippen LogP contribution in [0, 0.1) is 6.92 Å². The van der Waals surface area contributed by atoms with Crippen molar-refractivity contribution in [3.63, 3.8) is 0 Å². The number of thioether (sulfide) groups is 1. The van der Waals surface area contributed by atoms with E-state index in [0.29, 0.717) is 11.3 Å². The normalized spacial score (nSPS) is 14.9. The van der Waals surface area contributed by atoms with Crippen molar-refractivity contribution in [2.45, 2.75) is 6.92 Å². The van der Waals surface area contributed by atoms with Crippen LogP contribution in [0.15, 0.2) is 41.3 Å². The number of rotatable bonds is 6. The summed E-state index contributed by atoms with van der Waals surface area (Å²) in [6.45, 7) is 1.54. The zero-order valence-electron chi connectivity index (χ0n) is 16.6. The number of carbonyl (C=O) groups excluding carboxylic acids is 3. The molecule has 0 aliphatic carbocycles. The third-order valence-corrected chi connectivity index (χ3v) is 5.22. The number of phenolic OH excluding ortho intramolecular Hbond substituents is 1. The summed E-state index contributed by atoms with van der Waals surface area (Å²) in [6, 6.07) is 10.2.